The van der Waals surface area contributed by atoms with Gasteiger partial charge in [0.1, 0.15) is 5.82 Å². The number of urea groups is 1. The van der Waals surface area contributed by atoms with E-state index in [4.69, 9.17) is 4.98 Å². The molecule has 0 aliphatic carbocycles. The van der Waals surface area contributed by atoms with Crippen LogP contribution >= 0.6 is 0 Å². The van der Waals surface area contributed by atoms with Gasteiger partial charge in [-0.3, -0.25) is 4.90 Å². The molecular formula is C23H26N4O2. The molecule has 3 aromatic rings. The third kappa shape index (κ3) is 3.76. The van der Waals surface area contributed by atoms with Crippen molar-refractivity contribution in [3.05, 3.63) is 83.4 Å². The van der Waals surface area contributed by atoms with Crippen LogP contribution in [-0.4, -0.2) is 45.3 Å². The van der Waals surface area contributed by atoms with E-state index in [0.29, 0.717) is 13.0 Å². The molecule has 0 fully saturated rings. The maximum Gasteiger partial charge on any atom is 0.324 e. The van der Waals surface area contributed by atoms with Gasteiger partial charge in [0.15, 0.2) is 0 Å². The highest BCUT2D eigenvalue weighted by Gasteiger charge is 2.34. The van der Waals surface area contributed by atoms with Crippen molar-refractivity contribution in [2.45, 2.75) is 32.5 Å². The lowest BCUT2D eigenvalue weighted by molar-refractivity contribution is 0.123. The van der Waals surface area contributed by atoms with Crippen LogP contribution in [0.2, 0.25) is 0 Å². The quantitative estimate of drug-likeness (QED) is 0.744. The van der Waals surface area contributed by atoms with Gasteiger partial charge >= 0.3 is 6.03 Å². The van der Waals surface area contributed by atoms with Crippen molar-refractivity contribution in [2.75, 3.05) is 18.6 Å². The number of benzene rings is 2. The molecule has 2 heterocycles. The van der Waals surface area contributed by atoms with E-state index in [1.807, 2.05) is 55.5 Å². The van der Waals surface area contributed by atoms with Crippen LogP contribution in [0.1, 0.15) is 22.8 Å². The van der Waals surface area contributed by atoms with Crippen molar-refractivity contribution in [2.24, 2.45) is 0 Å². The summed E-state index contributed by atoms with van der Waals surface area (Å²) in [6.45, 7) is 3.06. The molecule has 2 aromatic carbocycles. The highest BCUT2D eigenvalue weighted by Crippen LogP contribution is 2.27. The topological polar surface area (TPSA) is 61.6 Å². The van der Waals surface area contributed by atoms with E-state index in [-0.39, 0.29) is 18.7 Å². The molecule has 1 unspecified atom stereocenters. The van der Waals surface area contributed by atoms with E-state index in [0.717, 1.165) is 29.4 Å². The third-order valence-corrected chi connectivity index (χ3v) is 5.61. The predicted octanol–water partition coefficient (Wildman–Crippen LogP) is 3.22. The van der Waals surface area contributed by atoms with E-state index in [1.54, 1.807) is 16.8 Å². The number of anilines is 1. The van der Waals surface area contributed by atoms with Gasteiger partial charge in [-0.2, -0.15) is 0 Å². The minimum absolute atomic E-state index is 0.0800. The van der Waals surface area contributed by atoms with Gasteiger partial charge in [0.05, 0.1) is 24.9 Å². The van der Waals surface area contributed by atoms with Gasteiger partial charge in [-0.05, 0) is 24.6 Å². The third-order valence-electron chi connectivity index (χ3n) is 5.61. The van der Waals surface area contributed by atoms with Gasteiger partial charge < -0.3 is 14.6 Å². The Bertz CT molecular complexity index is 985. The van der Waals surface area contributed by atoms with Gasteiger partial charge in [0, 0.05) is 31.4 Å². The van der Waals surface area contributed by atoms with Gasteiger partial charge in [-0.1, -0.05) is 48.5 Å². The molecule has 150 valence electrons. The summed E-state index contributed by atoms with van der Waals surface area (Å²) in [6.07, 6.45) is 0.591. The van der Waals surface area contributed by atoms with Crippen molar-refractivity contribution < 1.29 is 9.90 Å². The lowest BCUT2D eigenvalue weighted by Gasteiger charge is -2.37. The number of aliphatic hydroxyl groups excluding tert-OH is 1. The Morgan fingerprint density at radius 2 is 1.79 bits per heavy atom. The lowest BCUT2D eigenvalue weighted by atomic mass is 10.0. The van der Waals surface area contributed by atoms with Gasteiger partial charge in [-0.25, -0.2) is 9.78 Å². The first-order chi connectivity index (χ1) is 14.1. The Morgan fingerprint density at radius 3 is 2.45 bits per heavy atom. The van der Waals surface area contributed by atoms with Gasteiger partial charge in [-0.15, -0.1) is 0 Å². The number of hydrogen-bond donors (Lipinski definition) is 1. The monoisotopic (exact) mass is 390 g/mol. The maximum absolute atomic E-state index is 13.2. The second-order valence-electron chi connectivity index (χ2n) is 7.47. The minimum atomic E-state index is -0.271. The van der Waals surface area contributed by atoms with Crippen molar-refractivity contribution in [3.8, 4) is 0 Å². The molecule has 0 spiro atoms. The SMILES string of the molecule is Cc1nc2c(n1Cc1ccccc1)CC(CO)N(C(=O)N(C)c1ccccc1)C2. The summed E-state index contributed by atoms with van der Waals surface area (Å²) in [7, 11) is 1.76. The fourth-order valence-corrected chi connectivity index (χ4v) is 3.97. The Hall–Kier alpha value is -3.12. The molecule has 4 rings (SSSR count). The van der Waals surface area contributed by atoms with Crippen molar-refractivity contribution in [3.63, 3.8) is 0 Å². The smallest absolute Gasteiger partial charge is 0.324 e. The zero-order valence-corrected chi connectivity index (χ0v) is 16.8. The highest BCUT2D eigenvalue weighted by atomic mass is 16.3. The first-order valence-electron chi connectivity index (χ1n) is 9.87. The number of carbonyl (C=O) groups excluding carboxylic acids is 1. The first-order valence-corrected chi connectivity index (χ1v) is 9.87. The van der Waals surface area contributed by atoms with E-state index in [9.17, 15) is 9.90 Å². The normalized spacial score (nSPS) is 15.8. The summed E-state index contributed by atoms with van der Waals surface area (Å²) >= 11 is 0. The van der Waals surface area contributed by atoms with Crippen LogP contribution in [0.25, 0.3) is 0 Å². The van der Waals surface area contributed by atoms with Crippen LogP contribution in [0.4, 0.5) is 10.5 Å². The number of aliphatic hydroxyl groups is 1. The van der Waals surface area contributed by atoms with Crippen LogP contribution < -0.4 is 4.90 Å². The zero-order chi connectivity index (χ0) is 20.4. The first kappa shape index (κ1) is 19.2. The Morgan fingerprint density at radius 1 is 1.14 bits per heavy atom. The number of aryl methyl sites for hydroxylation is 1. The van der Waals surface area contributed by atoms with Gasteiger partial charge in [0.25, 0.3) is 0 Å². The van der Waals surface area contributed by atoms with Crippen LogP contribution in [0.3, 0.4) is 0 Å². The predicted molar refractivity (Wildman–Crippen MR) is 113 cm³/mol. The molecule has 6 heteroatoms. The number of nitrogens with zero attached hydrogens (tertiary/aromatic N) is 4. The standard InChI is InChI=1S/C23H26N4O2/c1-17-24-21-15-27(23(29)25(2)19-11-7-4-8-12-19)20(16-28)13-22(21)26(17)14-18-9-5-3-6-10-18/h3-12,20,28H,13-16H2,1-2H3. The number of imidazole rings is 1. The number of fused-ring (bicyclic) bond motifs is 1. The molecule has 1 N–H and O–H groups in total. The summed E-state index contributed by atoms with van der Waals surface area (Å²) in [5.41, 5.74) is 4.05. The van der Waals surface area contributed by atoms with Gasteiger partial charge in [0.2, 0.25) is 0 Å². The molecule has 1 atom stereocenters. The molecule has 6 nitrogen and oxygen atoms in total. The summed E-state index contributed by atoms with van der Waals surface area (Å²) < 4.78 is 2.20. The van der Waals surface area contributed by atoms with E-state index in [1.165, 1.54) is 5.56 Å². The van der Waals surface area contributed by atoms with Crippen LogP contribution in [-0.2, 0) is 19.5 Å². The Kier molecular flexibility index (Phi) is 5.36. The molecule has 29 heavy (non-hydrogen) atoms. The molecule has 0 saturated heterocycles. The average Bonchev–Trinajstić information content (AvgIpc) is 3.07. The van der Waals surface area contributed by atoms with Crippen molar-refractivity contribution >= 4 is 11.7 Å². The second-order valence-corrected chi connectivity index (χ2v) is 7.47. The number of para-hydroxylation sites is 1. The molecule has 0 bridgehead atoms. The van der Waals surface area contributed by atoms with E-state index in [2.05, 4.69) is 16.7 Å². The molecule has 0 radical (unpaired) electrons. The summed E-state index contributed by atoms with van der Waals surface area (Å²) in [6, 6.07) is 19.4. The van der Waals surface area contributed by atoms with Crippen molar-refractivity contribution in [1.29, 1.82) is 0 Å². The van der Waals surface area contributed by atoms with Crippen LogP contribution in [0.5, 0.6) is 0 Å². The zero-order valence-electron chi connectivity index (χ0n) is 16.8. The second kappa shape index (κ2) is 8.09. The number of aromatic nitrogens is 2. The average molecular weight is 390 g/mol. The van der Waals surface area contributed by atoms with Crippen LogP contribution in [0, 0.1) is 6.92 Å². The summed E-state index contributed by atoms with van der Waals surface area (Å²) in [4.78, 5) is 21.3. The fraction of sp³-hybridized carbons (Fsp3) is 0.304. The molecule has 0 saturated carbocycles. The summed E-state index contributed by atoms with van der Waals surface area (Å²) in [5, 5.41) is 10.0. The molecule has 2 amide bonds. The Balaban J connectivity index is 1.60. The molecular weight excluding hydrogens is 364 g/mol. The van der Waals surface area contributed by atoms with Crippen LogP contribution in [0.15, 0.2) is 60.7 Å². The highest BCUT2D eigenvalue weighted by molar-refractivity contribution is 5.91. The number of hydrogen-bond acceptors (Lipinski definition) is 3. The largest absolute Gasteiger partial charge is 0.394 e. The van der Waals surface area contributed by atoms with E-state index < -0.39 is 0 Å². The number of carbonyl (C=O) groups is 1. The fourth-order valence-electron chi connectivity index (χ4n) is 3.97. The maximum atomic E-state index is 13.2. The molecule has 1 aromatic heterocycles. The molecule has 1 aliphatic heterocycles. The molecule has 1 aliphatic rings. The Labute approximate surface area is 171 Å². The number of amides is 2. The summed E-state index contributed by atoms with van der Waals surface area (Å²) in [5.74, 6) is 0.932. The lowest BCUT2D eigenvalue weighted by Crippen LogP contribution is -2.51. The van der Waals surface area contributed by atoms with E-state index >= 15 is 0 Å². The minimum Gasteiger partial charge on any atom is -0.394 e. The van der Waals surface area contributed by atoms with Crippen molar-refractivity contribution in [1.82, 2.24) is 14.5 Å². The number of rotatable bonds is 4.